The van der Waals surface area contributed by atoms with Crippen molar-refractivity contribution >= 4 is 34.4 Å². The zero-order valence-corrected chi connectivity index (χ0v) is 13.2. The summed E-state index contributed by atoms with van der Waals surface area (Å²) in [6, 6.07) is 8.77. The van der Waals surface area contributed by atoms with Crippen molar-refractivity contribution in [3.05, 3.63) is 40.3 Å². The van der Waals surface area contributed by atoms with Crippen LogP contribution in [0, 0.1) is 0 Å². The van der Waals surface area contributed by atoms with Gasteiger partial charge in [0, 0.05) is 24.2 Å². The lowest BCUT2D eigenvalue weighted by atomic mass is 10.2. The van der Waals surface area contributed by atoms with Gasteiger partial charge in [-0.2, -0.15) is 0 Å². The van der Waals surface area contributed by atoms with Crippen LogP contribution in [0.2, 0.25) is 0 Å². The Morgan fingerprint density at radius 3 is 2.60 bits per heavy atom. The second-order valence-corrected chi connectivity index (χ2v) is 6.59. The minimum atomic E-state index is 0.212. The van der Waals surface area contributed by atoms with E-state index in [9.17, 15) is 0 Å². The van der Waals surface area contributed by atoms with Crippen molar-refractivity contribution in [2.75, 3.05) is 18.0 Å². The van der Waals surface area contributed by atoms with Gasteiger partial charge in [-0.25, -0.2) is 5.01 Å². The largest absolute Gasteiger partial charge is 0.377 e. The molecule has 0 fully saturated rings. The van der Waals surface area contributed by atoms with Gasteiger partial charge in [0.15, 0.2) is 5.17 Å². The zero-order chi connectivity index (χ0) is 14.1. The van der Waals surface area contributed by atoms with Gasteiger partial charge in [0.2, 0.25) is 0 Å². The normalized spacial score (nSPS) is 20.7. The molecule has 0 saturated heterocycles. The number of thioether (sulfide) groups is 2. The van der Waals surface area contributed by atoms with Crippen LogP contribution in [0.15, 0.2) is 39.8 Å². The van der Waals surface area contributed by atoms with Crippen LogP contribution in [-0.2, 0) is 0 Å². The third-order valence-electron chi connectivity index (χ3n) is 3.47. The summed E-state index contributed by atoms with van der Waals surface area (Å²) in [6.07, 6.45) is 0. The van der Waals surface area contributed by atoms with Gasteiger partial charge in [-0.15, -0.1) is 5.10 Å². The number of amidine groups is 1. The molecule has 0 amide bonds. The topological polar surface area (TPSA) is 44.9 Å². The van der Waals surface area contributed by atoms with Crippen LogP contribution in [0.5, 0.6) is 0 Å². The fourth-order valence-corrected chi connectivity index (χ4v) is 4.37. The Bertz CT molecular complexity index is 549. The number of rotatable bonds is 4. The molecule has 0 aliphatic carbocycles. The summed E-state index contributed by atoms with van der Waals surface area (Å²) < 4.78 is 0. The lowest BCUT2D eigenvalue weighted by Crippen LogP contribution is -2.21. The van der Waals surface area contributed by atoms with E-state index in [-0.39, 0.29) is 5.37 Å². The zero-order valence-electron chi connectivity index (χ0n) is 11.6. The fraction of sp³-hybridized carbons (Fsp3) is 0.357. The molecule has 6 heteroatoms. The number of hydrazone groups is 1. The van der Waals surface area contributed by atoms with Crippen molar-refractivity contribution in [3.8, 4) is 0 Å². The second-order valence-electron chi connectivity index (χ2n) is 4.59. The summed E-state index contributed by atoms with van der Waals surface area (Å²) in [4.78, 5) is 2.34. The minimum absolute atomic E-state index is 0.212. The van der Waals surface area contributed by atoms with Gasteiger partial charge >= 0.3 is 0 Å². The van der Waals surface area contributed by atoms with Gasteiger partial charge in [0.1, 0.15) is 10.4 Å². The Hall–Kier alpha value is -1.27. The molecule has 1 aromatic rings. The van der Waals surface area contributed by atoms with Crippen LogP contribution in [-0.4, -0.2) is 23.3 Å². The molecule has 2 N–H and O–H groups in total. The maximum Gasteiger partial charge on any atom is 0.184 e. The molecule has 0 radical (unpaired) electrons. The maximum absolute atomic E-state index is 5.78. The highest BCUT2D eigenvalue weighted by Gasteiger charge is 2.33. The van der Waals surface area contributed by atoms with E-state index in [4.69, 9.17) is 5.73 Å². The summed E-state index contributed by atoms with van der Waals surface area (Å²) in [5, 5.41) is 10.5. The molecule has 1 aromatic carbocycles. The molecule has 1 atom stereocenters. The van der Waals surface area contributed by atoms with Crippen molar-refractivity contribution in [2.45, 2.75) is 19.2 Å². The number of anilines is 1. The van der Waals surface area contributed by atoms with Crippen LogP contribution >= 0.6 is 23.5 Å². The molecule has 106 valence electrons. The highest BCUT2D eigenvalue weighted by Crippen LogP contribution is 2.49. The molecule has 20 heavy (non-hydrogen) atoms. The van der Waals surface area contributed by atoms with E-state index in [1.165, 1.54) is 23.0 Å². The third kappa shape index (κ3) is 2.38. The summed E-state index contributed by atoms with van der Waals surface area (Å²) in [5.41, 5.74) is 8.31. The van der Waals surface area contributed by atoms with Crippen LogP contribution in [0.25, 0.3) is 0 Å². The Kier molecular flexibility index (Phi) is 3.85. The van der Waals surface area contributed by atoms with E-state index >= 15 is 0 Å². The van der Waals surface area contributed by atoms with Crippen LogP contribution in [0.4, 0.5) is 5.69 Å². The number of hydrogen-bond acceptors (Lipinski definition) is 6. The van der Waals surface area contributed by atoms with Gasteiger partial charge in [-0.05, 0) is 43.3 Å². The average molecular weight is 306 g/mol. The first-order chi connectivity index (χ1) is 9.72. The van der Waals surface area contributed by atoms with Crippen LogP contribution < -0.4 is 10.6 Å². The van der Waals surface area contributed by atoms with Crippen LogP contribution in [0.3, 0.4) is 0 Å². The van der Waals surface area contributed by atoms with Crippen molar-refractivity contribution in [3.63, 3.8) is 0 Å². The lowest BCUT2D eigenvalue weighted by Gasteiger charge is -2.23. The van der Waals surface area contributed by atoms with E-state index in [0.29, 0.717) is 5.17 Å². The third-order valence-corrected chi connectivity index (χ3v) is 5.51. The summed E-state index contributed by atoms with van der Waals surface area (Å²) in [6.45, 7) is 6.42. The molecular formula is C14H18N4S2. The first kappa shape index (κ1) is 13.7. The molecule has 3 rings (SSSR count). The van der Waals surface area contributed by atoms with E-state index < -0.39 is 0 Å². The van der Waals surface area contributed by atoms with E-state index in [1.54, 1.807) is 11.8 Å². The predicted molar refractivity (Wildman–Crippen MR) is 89.5 cm³/mol. The number of nitrogens with two attached hydrogens (primary N) is 1. The molecule has 2 aliphatic heterocycles. The van der Waals surface area contributed by atoms with E-state index in [0.717, 1.165) is 18.1 Å². The number of hydrogen-bond donors (Lipinski definition) is 1. The number of nitrogens with zero attached hydrogens (tertiary/aromatic N) is 3. The van der Waals surface area contributed by atoms with Crippen LogP contribution in [0.1, 0.15) is 24.8 Å². The number of fused-ring (bicyclic) bond motifs is 1. The van der Waals surface area contributed by atoms with Gasteiger partial charge in [-0.3, -0.25) is 0 Å². The van der Waals surface area contributed by atoms with Crippen molar-refractivity contribution in [1.82, 2.24) is 5.01 Å². The average Bonchev–Trinajstić information content (AvgIpc) is 3.00. The van der Waals surface area contributed by atoms with E-state index in [1.807, 2.05) is 5.01 Å². The monoisotopic (exact) mass is 306 g/mol. The Balaban J connectivity index is 1.79. The Morgan fingerprint density at radius 1 is 1.25 bits per heavy atom. The summed E-state index contributed by atoms with van der Waals surface area (Å²) >= 11 is 3.32. The fourth-order valence-electron chi connectivity index (χ4n) is 2.41. The second kappa shape index (κ2) is 5.61. The molecule has 0 bridgehead atoms. The predicted octanol–water partition coefficient (Wildman–Crippen LogP) is 3.36. The maximum atomic E-state index is 5.78. The molecule has 2 aliphatic rings. The highest BCUT2D eigenvalue weighted by molar-refractivity contribution is 8.18. The molecule has 0 spiro atoms. The highest BCUT2D eigenvalue weighted by atomic mass is 32.2. The molecular weight excluding hydrogens is 288 g/mol. The summed E-state index contributed by atoms with van der Waals surface area (Å²) in [5.74, 6) is 0. The van der Waals surface area contributed by atoms with Crippen molar-refractivity contribution in [2.24, 2.45) is 10.8 Å². The van der Waals surface area contributed by atoms with Gasteiger partial charge in [-0.1, -0.05) is 23.9 Å². The molecule has 2 heterocycles. The molecule has 0 saturated carbocycles. The Morgan fingerprint density at radius 2 is 1.95 bits per heavy atom. The molecule has 4 nitrogen and oxygen atoms in total. The first-order valence-corrected chi connectivity index (χ1v) is 8.50. The SMILES string of the molecule is CCN(CC)c1ccc(C2SC=C3SC(N)=NN32)cc1. The molecule has 0 aromatic heterocycles. The number of benzene rings is 1. The smallest absolute Gasteiger partial charge is 0.184 e. The quantitative estimate of drug-likeness (QED) is 0.924. The van der Waals surface area contributed by atoms with E-state index in [2.05, 4.69) is 53.5 Å². The van der Waals surface area contributed by atoms with Gasteiger partial charge in [0.05, 0.1) is 0 Å². The van der Waals surface area contributed by atoms with Gasteiger partial charge < -0.3 is 10.6 Å². The van der Waals surface area contributed by atoms with Gasteiger partial charge in [0.25, 0.3) is 0 Å². The standard InChI is InChI=1S/C14H18N4S2/c1-3-17(4-2)11-7-5-10(6-8-11)13-18-12(9-19-13)20-14(15)16-18/h5-9,13H,3-4H2,1-2H3,(H2,15,16). The lowest BCUT2D eigenvalue weighted by molar-refractivity contribution is 0.387. The van der Waals surface area contributed by atoms with Crippen molar-refractivity contribution in [1.29, 1.82) is 0 Å². The minimum Gasteiger partial charge on any atom is -0.377 e. The first-order valence-electron chi connectivity index (χ1n) is 6.74. The van der Waals surface area contributed by atoms with Crippen molar-refractivity contribution < 1.29 is 0 Å². The summed E-state index contributed by atoms with van der Waals surface area (Å²) in [7, 11) is 0. The Labute approximate surface area is 128 Å². The molecule has 1 unspecified atom stereocenters.